The minimum atomic E-state index is -0.266. The van der Waals surface area contributed by atoms with Crippen LogP contribution in [0.15, 0.2) is 30.7 Å². The Bertz CT molecular complexity index is 710. The fourth-order valence-electron chi connectivity index (χ4n) is 1.80. The van der Waals surface area contributed by atoms with E-state index in [1.807, 2.05) is 0 Å². The van der Waals surface area contributed by atoms with Gasteiger partial charge in [-0.15, -0.1) is 0 Å². The number of carbonyl (C=O) groups excluding carboxylic acids is 1. The van der Waals surface area contributed by atoms with Crippen molar-refractivity contribution in [1.82, 2.24) is 9.55 Å². The third-order valence-electron chi connectivity index (χ3n) is 2.83. The van der Waals surface area contributed by atoms with Gasteiger partial charge in [0.2, 0.25) is 0 Å². The van der Waals surface area contributed by atoms with Gasteiger partial charge >= 0.3 is 0 Å². The highest BCUT2D eigenvalue weighted by molar-refractivity contribution is 6.03. The van der Waals surface area contributed by atoms with E-state index in [1.165, 1.54) is 6.20 Å². The lowest BCUT2D eigenvalue weighted by molar-refractivity contribution is 0.101. The van der Waals surface area contributed by atoms with Crippen LogP contribution in [0.25, 0.3) is 0 Å². The van der Waals surface area contributed by atoms with Gasteiger partial charge in [-0.2, -0.15) is 0 Å². The van der Waals surface area contributed by atoms with Crippen molar-refractivity contribution in [3.05, 3.63) is 42.0 Å². The van der Waals surface area contributed by atoms with Crippen LogP contribution in [-0.4, -0.2) is 29.1 Å². The summed E-state index contributed by atoms with van der Waals surface area (Å²) in [7, 11) is 3.29. The maximum Gasteiger partial charge on any atom is 0.274 e. The highest BCUT2D eigenvalue weighted by Gasteiger charge is 2.13. The molecule has 0 radical (unpaired) electrons. The zero-order valence-electron chi connectivity index (χ0n) is 11.9. The van der Waals surface area contributed by atoms with Gasteiger partial charge < -0.3 is 20.4 Å². The maximum atomic E-state index is 12.2. The van der Waals surface area contributed by atoms with E-state index in [-0.39, 0.29) is 12.5 Å². The summed E-state index contributed by atoms with van der Waals surface area (Å²) < 4.78 is 6.88. The number of methoxy groups -OCH3 is 1. The highest BCUT2D eigenvalue weighted by atomic mass is 16.5. The molecule has 0 bridgehead atoms. The average Bonchev–Trinajstić information content (AvgIpc) is 2.91. The minimum absolute atomic E-state index is 0.266. The molecule has 0 saturated carbocycles. The number of amides is 1. The Morgan fingerprint density at radius 1 is 1.52 bits per heavy atom. The first-order valence-corrected chi connectivity index (χ1v) is 6.30. The molecule has 21 heavy (non-hydrogen) atoms. The summed E-state index contributed by atoms with van der Waals surface area (Å²) in [5, 5.41) is 2.80. The molecule has 6 heteroatoms. The second kappa shape index (κ2) is 6.59. The average molecular weight is 284 g/mol. The number of ether oxygens (including phenoxy) is 1. The molecule has 1 amide bonds. The van der Waals surface area contributed by atoms with Crippen molar-refractivity contribution in [1.29, 1.82) is 0 Å². The smallest absolute Gasteiger partial charge is 0.274 e. The van der Waals surface area contributed by atoms with E-state index in [4.69, 9.17) is 10.5 Å². The van der Waals surface area contributed by atoms with E-state index in [0.29, 0.717) is 17.1 Å². The first-order chi connectivity index (χ1) is 10.2. The van der Waals surface area contributed by atoms with E-state index in [1.54, 1.807) is 43.3 Å². The van der Waals surface area contributed by atoms with Crippen LogP contribution in [-0.2, 0) is 7.05 Å². The SMILES string of the molecule is COc1ccc(C#CCN)cc1NC(=O)c1cncn1C. The molecule has 108 valence electrons. The molecule has 0 aliphatic carbocycles. The van der Waals surface area contributed by atoms with Crippen molar-refractivity contribution in [3.63, 3.8) is 0 Å². The quantitative estimate of drug-likeness (QED) is 0.824. The fraction of sp³-hybridized carbons (Fsp3) is 0.200. The lowest BCUT2D eigenvalue weighted by Gasteiger charge is -2.10. The summed E-state index contributed by atoms with van der Waals surface area (Å²) >= 11 is 0. The van der Waals surface area contributed by atoms with Gasteiger partial charge in [0.25, 0.3) is 5.91 Å². The number of hydrogen-bond donors (Lipinski definition) is 2. The molecule has 0 aliphatic rings. The Morgan fingerprint density at radius 3 is 2.95 bits per heavy atom. The van der Waals surface area contributed by atoms with Crippen LogP contribution in [0, 0.1) is 11.8 Å². The number of nitrogens with two attached hydrogens (primary N) is 1. The topological polar surface area (TPSA) is 82.2 Å². The fourth-order valence-corrected chi connectivity index (χ4v) is 1.80. The Kier molecular flexibility index (Phi) is 4.59. The van der Waals surface area contributed by atoms with Crippen LogP contribution < -0.4 is 15.8 Å². The number of anilines is 1. The minimum Gasteiger partial charge on any atom is -0.495 e. The van der Waals surface area contributed by atoms with Gasteiger partial charge in [-0.25, -0.2) is 4.98 Å². The van der Waals surface area contributed by atoms with Crippen LogP contribution in [0.2, 0.25) is 0 Å². The molecule has 0 aliphatic heterocycles. The van der Waals surface area contributed by atoms with E-state index in [9.17, 15) is 4.79 Å². The van der Waals surface area contributed by atoms with Gasteiger partial charge in [-0.1, -0.05) is 11.8 Å². The number of benzene rings is 1. The van der Waals surface area contributed by atoms with Crippen LogP contribution >= 0.6 is 0 Å². The third kappa shape index (κ3) is 3.41. The van der Waals surface area contributed by atoms with Crippen molar-refractivity contribution >= 4 is 11.6 Å². The lowest BCUT2D eigenvalue weighted by atomic mass is 10.2. The monoisotopic (exact) mass is 284 g/mol. The zero-order chi connectivity index (χ0) is 15.2. The molecule has 1 aromatic carbocycles. The summed E-state index contributed by atoms with van der Waals surface area (Å²) in [5.41, 5.74) is 7.11. The molecule has 0 unspecified atom stereocenters. The van der Waals surface area contributed by atoms with Gasteiger partial charge in [-0.3, -0.25) is 4.79 Å². The van der Waals surface area contributed by atoms with Gasteiger partial charge in [0, 0.05) is 12.6 Å². The van der Waals surface area contributed by atoms with E-state index in [2.05, 4.69) is 22.1 Å². The van der Waals surface area contributed by atoms with Gasteiger partial charge in [-0.05, 0) is 18.2 Å². The van der Waals surface area contributed by atoms with Gasteiger partial charge in [0.15, 0.2) is 0 Å². The first kappa shape index (κ1) is 14.6. The normalized spacial score (nSPS) is 9.67. The zero-order valence-corrected chi connectivity index (χ0v) is 11.9. The largest absolute Gasteiger partial charge is 0.495 e. The Morgan fingerprint density at radius 2 is 2.33 bits per heavy atom. The molecule has 0 saturated heterocycles. The van der Waals surface area contributed by atoms with Gasteiger partial charge in [0.05, 0.1) is 31.9 Å². The highest BCUT2D eigenvalue weighted by Crippen LogP contribution is 2.25. The number of aromatic nitrogens is 2. The number of aryl methyl sites for hydroxylation is 1. The molecule has 0 spiro atoms. The van der Waals surface area contributed by atoms with Gasteiger partial charge in [0.1, 0.15) is 11.4 Å². The van der Waals surface area contributed by atoms with Crippen molar-refractivity contribution < 1.29 is 9.53 Å². The molecular formula is C15H16N4O2. The summed E-state index contributed by atoms with van der Waals surface area (Å²) in [6.45, 7) is 0.280. The molecule has 3 N–H and O–H groups in total. The molecule has 1 aromatic heterocycles. The number of carbonyl (C=O) groups is 1. The maximum absolute atomic E-state index is 12.2. The number of rotatable bonds is 3. The molecule has 0 atom stereocenters. The Balaban J connectivity index is 2.29. The van der Waals surface area contributed by atoms with Crippen molar-refractivity contribution in [2.75, 3.05) is 19.0 Å². The molecule has 2 aromatic rings. The lowest BCUT2D eigenvalue weighted by Crippen LogP contribution is -2.16. The molecule has 1 heterocycles. The Hall–Kier alpha value is -2.78. The van der Waals surface area contributed by atoms with Crippen LogP contribution in [0.1, 0.15) is 16.1 Å². The summed E-state index contributed by atoms with van der Waals surface area (Å²) in [6, 6.07) is 5.30. The molecular weight excluding hydrogens is 268 g/mol. The number of nitrogens with one attached hydrogen (secondary N) is 1. The predicted octanol–water partition coefficient (Wildman–Crippen LogP) is 0.991. The second-order valence-corrected chi connectivity index (χ2v) is 4.26. The van der Waals surface area contributed by atoms with Crippen molar-refractivity contribution in [2.45, 2.75) is 0 Å². The van der Waals surface area contributed by atoms with E-state index < -0.39 is 0 Å². The molecule has 6 nitrogen and oxygen atoms in total. The number of hydrogen-bond acceptors (Lipinski definition) is 4. The first-order valence-electron chi connectivity index (χ1n) is 6.30. The van der Waals surface area contributed by atoms with Crippen LogP contribution in [0.4, 0.5) is 5.69 Å². The molecule has 2 rings (SSSR count). The van der Waals surface area contributed by atoms with Crippen LogP contribution in [0.3, 0.4) is 0 Å². The van der Waals surface area contributed by atoms with E-state index in [0.717, 1.165) is 5.56 Å². The second-order valence-electron chi connectivity index (χ2n) is 4.26. The summed E-state index contributed by atoms with van der Waals surface area (Å²) in [4.78, 5) is 16.1. The standard InChI is InChI=1S/C15H16N4O2/c1-19-10-17-9-13(19)15(20)18-12-8-11(4-3-7-16)5-6-14(12)21-2/h5-6,8-10H,7,16H2,1-2H3,(H,18,20). The molecule has 0 fully saturated rings. The van der Waals surface area contributed by atoms with Crippen molar-refractivity contribution in [3.8, 4) is 17.6 Å². The summed E-state index contributed by atoms with van der Waals surface area (Å²) in [6.07, 6.45) is 3.06. The summed E-state index contributed by atoms with van der Waals surface area (Å²) in [5.74, 6) is 5.98. The van der Waals surface area contributed by atoms with Crippen molar-refractivity contribution in [2.24, 2.45) is 12.8 Å². The van der Waals surface area contributed by atoms with Crippen LogP contribution in [0.5, 0.6) is 5.75 Å². The van der Waals surface area contributed by atoms with E-state index >= 15 is 0 Å². The number of imidazole rings is 1. The number of nitrogens with zero attached hydrogens (tertiary/aromatic N) is 2. The predicted molar refractivity (Wildman–Crippen MR) is 80.1 cm³/mol. The third-order valence-corrected chi connectivity index (χ3v) is 2.83. The Labute approximate surface area is 122 Å².